The molecule has 5 heteroatoms. The molecule has 0 bridgehead atoms. The summed E-state index contributed by atoms with van der Waals surface area (Å²) >= 11 is 0. The molecule has 0 fully saturated rings. The summed E-state index contributed by atoms with van der Waals surface area (Å²) in [6.07, 6.45) is 2.29. The van der Waals surface area contributed by atoms with Crippen molar-refractivity contribution in [3.05, 3.63) is 29.8 Å². The number of aromatic nitrogens is 1. The zero-order chi connectivity index (χ0) is 14.4. The molecule has 1 N–H and O–H groups in total. The minimum atomic E-state index is -0.640. The fourth-order valence-corrected chi connectivity index (χ4v) is 1.88. The number of hydrogen-bond acceptors (Lipinski definition) is 3. The molecule has 1 atom stereocenters. The van der Waals surface area contributed by atoms with Gasteiger partial charge >= 0.3 is 0 Å². The Morgan fingerprint density at radius 1 is 1.47 bits per heavy atom. The van der Waals surface area contributed by atoms with Crippen LogP contribution in [0.5, 0.6) is 0 Å². The SMILES string of the molecule is CC(C)CC(CNC(=O)c1ccnc(F)c1)N(C)C. The zero-order valence-electron chi connectivity index (χ0n) is 12.0. The first kappa shape index (κ1) is 15.6. The number of carbonyl (C=O) groups is 1. The quantitative estimate of drug-likeness (QED) is 0.801. The van der Waals surface area contributed by atoms with Gasteiger partial charge < -0.3 is 10.2 Å². The molecule has 1 amide bonds. The van der Waals surface area contributed by atoms with Crippen molar-refractivity contribution in [2.75, 3.05) is 20.6 Å². The van der Waals surface area contributed by atoms with E-state index in [0.29, 0.717) is 18.0 Å². The summed E-state index contributed by atoms with van der Waals surface area (Å²) in [4.78, 5) is 17.4. The maximum atomic E-state index is 12.9. The van der Waals surface area contributed by atoms with E-state index in [1.54, 1.807) is 0 Å². The van der Waals surface area contributed by atoms with Crippen molar-refractivity contribution < 1.29 is 9.18 Å². The number of rotatable bonds is 6. The predicted molar refractivity (Wildman–Crippen MR) is 73.5 cm³/mol. The van der Waals surface area contributed by atoms with Gasteiger partial charge in [-0.3, -0.25) is 4.79 Å². The number of nitrogens with one attached hydrogen (secondary N) is 1. The van der Waals surface area contributed by atoms with Crippen LogP contribution in [0.3, 0.4) is 0 Å². The number of carbonyl (C=O) groups excluding carboxylic acids is 1. The summed E-state index contributed by atoms with van der Waals surface area (Å²) in [7, 11) is 3.98. The fraction of sp³-hybridized carbons (Fsp3) is 0.571. The van der Waals surface area contributed by atoms with E-state index >= 15 is 0 Å². The fourth-order valence-electron chi connectivity index (χ4n) is 1.88. The third-order valence-corrected chi connectivity index (χ3v) is 2.96. The average molecular weight is 267 g/mol. The third-order valence-electron chi connectivity index (χ3n) is 2.96. The lowest BCUT2D eigenvalue weighted by molar-refractivity contribution is 0.0938. The third kappa shape index (κ3) is 5.34. The van der Waals surface area contributed by atoms with E-state index in [4.69, 9.17) is 0 Å². The Morgan fingerprint density at radius 3 is 2.68 bits per heavy atom. The Bertz CT molecular complexity index is 421. The maximum absolute atomic E-state index is 12.9. The van der Waals surface area contributed by atoms with E-state index in [1.807, 2.05) is 14.1 Å². The van der Waals surface area contributed by atoms with Crippen LogP contribution in [0, 0.1) is 11.9 Å². The second kappa shape index (κ2) is 7.19. The summed E-state index contributed by atoms with van der Waals surface area (Å²) in [5.74, 6) is -0.349. The standard InChI is InChI=1S/C14H22FN3O/c1-10(2)7-12(18(3)4)9-17-14(19)11-5-6-16-13(15)8-11/h5-6,8,10,12H,7,9H2,1-4H3,(H,17,19). The van der Waals surface area contributed by atoms with E-state index in [2.05, 4.69) is 29.0 Å². The molecule has 0 saturated heterocycles. The van der Waals surface area contributed by atoms with Gasteiger partial charge in [0.05, 0.1) is 0 Å². The van der Waals surface area contributed by atoms with E-state index in [9.17, 15) is 9.18 Å². The van der Waals surface area contributed by atoms with Crippen LogP contribution in [-0.2, 0) is 0 Å². The normalized spacial score (nSPS) is 12.8. The van der Waals surface area contributed by atoms with E-state index in [0.717, 1.165) is 12.5 Å². The first-order chi connectivity index (χ1) is 8.90. The second-order valence-electron chi connectivity index (χ2n) is 5.32. The van der Waals surface area contributed by atoms with Crippen molar-refractivity contribution in [3.63, 3.8) is 0 Å². The molecule has 0 radical (unpaired) electrons. The summed E-state index contributed by atoms with van der Waals surface area (Å²) < 4.78 is 12.9. The first-order valence-electron chi connectivity index (χ1n) is 6.46. The van der Waals surface area contributed by atoms with Crippen LogP contribution in [0.1, 0.15) is 30.6 Å². The van der Waals surface area contributed by atoms with Crippen LogP contribution >= 0.6 is 0 Å². The van der Waals surface area contributed by atoms with Gasteiger partial charge in [0.25, 0.3) is 5.91 Å². The van der Waals surface area contributed by atoms with Crippen molar-refractivity contribution in [2.24, 2.45) is 5.92 Å². The number of nitrogens with zero attached hydrogens (tertiary/aromatic N) is 2. The molecule has 0 aliphatic rings. The maximum Gasteiger partial charge on any atom is 0.251 e. The molecule has 1 aromatic rings. The van der Waals surface area contributed by atoms with E-state index < -0.39 is 5.95 Å². The molecule has 0 aromatic carbocycles. The molecule has 1 aromatic heterocycles. The highest BCUT2D eigenvalue weighted by atomic mass is 19.1. The van der Waals surface area contributed by atoms with Crippen LogP contribution in [0.25, 0.3) is 0 Å². The van der Waals surface area contributed by atoms with Crippen molar-refractivity contribution in [3.8, 4) is 0 Å². The molecule has 1 heterocycles. The Morgan fingerprint density at radius 2 is 2.16 bits per heavy atom. The minimum Gasteiger partial charge on any atom is -0.350 e. The molecule has 4 nitrogen and oxygen atoms in total. The van der Waals surface area contributed by atoms with Gasteiger partial charge in [-0.25, -0.2) is 4.98 Å². The number of hydrogen-bond donors (Lipinski definition) is 1. The molecule has 1 rings (SSSR count). The van der Waals surface area contributed by atoms with E-state index in [-0.39, 0.29) is 11.9 Å². The molecule has 19 heavy (non-hydrogen) atoms. The first-order valence-corrected chi connectivity index (χ1v) is 6.46. The Hall–Kier alpha value is -1.49. The lowest BCUT2D eigenvalue weighted by Gasteiger charge is -2.26. The number of likely N-dealkylation sites (N-methyl/N-ethyl adjacent to an activating group) is 1. The van der Waals surface area contributed by atoms with Crippen LogP contribution in [0.2, 0.25) is 0 Å². The van der Waals surface area contributed by atoms with Crippen LogP contribution in [0.4, 0.5) is 4.39 Å². The molecular formula is C14H22FN3O. The number of halogens is 1. The van der Waals surface area contributed by atoms with Gasteiger partial charge in [-0.2, -0.15) is 4.39 Å². The minimum absolute atomic E-state index is 0.267. The Kier molecular flexibility index (Phi) is 5.89. The monoisotopic (exact) mass is 267 g/mol. The molecule has 0 aliphatic heterocycles. The molecule has 0 spiro atoms. The van der Waals surface area contributed by atoms with Gasteiger partial charge in [0.15, 0.2) is 0 Å². The highest BCUT2D eigenvalue weighted by Gasteiger charge is 2.15. The van der Waals surface area contributed by atoms with Crippen LogP contribution < -0.4 is 5.32 Å². The number of amides is 1. The van der Waals surface area contributed by atoms with Gasteiger partial charge in [-0.05, 0) is 32.5 Å². The summed E-state index contributed by atoms with van der Waals surface area (Å²) in [6, 6.07) is 2.92. The second-order valence-corrected chi connectivity index (χ2v) is 5.32. The topological polar surface area (TPSA) is 45.2 Å². The van der Waals surface area contributed by atoms with Crippen LogP contribution in [0.15, 0.2) is 18.3 Å². The van der Waals surface area contributed by atoms with E-state index in [1.165, 1.54) is 12.3 Å². The van der Waals surface area contributed by atoms with Gasteiger partial charge in [0.1, 0.15) is 0 Å². The summed E-state index contributed by atoms with van der Waals surface area (Å²) in [5, 5.41) is 2.84. The number of pyridine rings is 1. The lowest BCUT2D eigenvalue weighted by atomic mass is 10.0. The Labute approximate surface area is 114 Å². The largest absolute Gasteiger partial charge is 0.350 e. The van der Waals surface area contributed by atoms with Gasteiger partial charge in [0.2, 0.25) is 5.95 Å². The highest BCUT2D eigenvalue weighted by molar-refractivity contribution is 5.94. The average Bonchev–Trinajstić information content (AvgIpc) is 2.33. The summed E-state index contributed by atoms with van der Waals surface area (Å²) in [5.41, 5.74) is 0.301. The van der Waals surface area contributed by atoms with Crippen molar-refractivity contribution in [1.29, 1.82) is 0 Å². The smallest absolute Gasteiger partial charge is 0.251 e. The van der Waals surface area contributed by atoms with Crippen LogP contribution in [-0.4, -0.2) is 42.5 Å². The predicted octanol–water partition coefficient (Wildman–Crippen LogP) is 1.93. The molecule has 0 saturated carbocycles. The molecule has 0 aliphatic carbocycles. The zero-order valence-corrected chi connectivity index (χ0v) is 12.0. The summed E-state index contributed by atoms with van der Waals surface area (Å²) in [6.45, 7) is 4.85. The molecule has 106 valence electrons. The lowest BCUT2D eigenvalue weighted by Crippen LogP contribution is -2.41. The Balaban J connectivity index is 2.57. The van der Waals surface area contributed by atoms with Crippen molar-refractivity contribution in [2.45, 2.75) is 26.3 Å². The van der Waals surface area contributed by atoms with Gasteiger partial charge in [-0.15, -0.1) is 0 Å². The van der Waals surface area contributed by atoms with Crippen molar-refractivity contribution >= 4 is 5.91 Å². The van der Waals surface area contributed by atoms with Crippen molar-refractivity contribution in [1.82, 2.24) is 15.2 Å². The highest BCUT2D eigenvalue weighted by Crippen LogP contribution is 2.08. The molecule has 1 unspecified atom stereocenters. The van der Waals surface area contributed by atoms with Gasteiger partial charge in [0, 0.05) is 30.4 Å². The molecular weight excluding hydrogens is 245 g/mol. The van der Waals surface area contributed by atoms with Gasteiger partial charge in [-0.1, -0.05) is 13.8 Å².